The maximum Gasteiger partial charge on any atom is 0.0779 e. The molecule has 3 rings (SSSR count). The summed E-state index contributed by atoms with van der Waals surface area (Å²) in [6.07, 6.45) is 7.77. The summed E-state index contributed by atoms with van der Waals surface area (Å²) in [6, 6.07) is 0. The van der Waals surface area contributed by atoms with Crippen LogP contribution in [0.4, 0.5) is 0 Å². The van der Waals surface area contributed by atoms with Crippen molar-refractivity contribution in [1.29, 1.82) is 0 Å². The maximum atomic E-state index is 9.36. The van der Waals surface area contributed by atoms with E-state index in [0.717, 1.165) is 29.9 Å². The topological polar surface area (TPSA) is 47.3 Å². The van der Waals surface area contributed by atoms with E-state index in [9.17, 15) is 5.11 Å². The lowest BCUT2D eigenvalue weighted by atomic mass is 9.98. The van der Waals surface area contributed by atoms with E-state index in [4.69, 9.17) is 4.74 Å². The molecule has 4 nitrogen and oxygen atoms in total. The van der Waals surface area contributed by atoms with Gasteiger partial charge in [-0.05, 0) is 39.5 Å². The first-order chi connectivity index (χ1) is 9.13. The molecule has 2 aliphatic rings. The highest BCUT2D eigenvalue weighted by Gasteiger charge is 2.42. The fraction of sp³-hybridized carbons (Fsp3) is 0.800. The van der Waals surface area contributed by atoms with Gasteiger partial charge in [-0.3, -0.25) is 4.68 Å². The van der Waals surface area contributed by atoms with E-state index in [1.54, 1.807) is 0 Å². The summed E-state index contributed by atoms with van der Waals surface area (Å²) in [4.78, 5) is 0. The van der Waals surface area contributed by atoms with Gasteiger partial charge >= 0.3 is 0 Å². The van der Waals surface area contributed by atoms with Crippen LogP contribution in [0.3, 0.4) is 0 Å². The Kier molecular flexibility index (Phi) is 3.39. The van der Waals surface area contributed by atoms with E-state index in [0.29, 0.717) is 6.10 Å². The Labute approximate surface area is 114 Å². The van der Waals surface area contributed by atoms with Crippen molar-refractivity contribution >= 4 is 0 Å². The van der Waals surface area contributed by atoms with Crippen molar-refractivity contribution in [3.8, 4) is 0 Å². The first-order valence-electron chi connectivity index (χ1n) is 7.45. The van der Waals surface area contributed by atoms with Gasteiger partial charge in [-0.2, -0.15) is 5.10 Å². The average Bonchev–Trinajstić information content (AvgIpc) is 3.06. The molecule has 1 aromatic heterocycles. The molecular formula is C15H24N2O2. The molecule has 1 spiro atoms. The standard InChI is InChI=1S/C15H24N2O2/c1-11-14(10-18)12(2)17(16-11)9-13-5-8-15(19-13)6-3-4-7-15/h13,18H,3-10H2,1-2H3. The summed E-state index contributed by atoms with van der Waals surface area (Å²) in [5, 5.41) is 13.9. The summed E-state index contributed by atoms with van der Waals surface area (Å²) in [6.45, 7) is 4.90. The zero-order valence-corrected chi connectivity index (χ0v) is 12.0. The van der Waals surface area contributed by atoms with Crippen LogP contribution >= 0.6 is 0 Å². The minimum atomic E-state index is 0.0765. The fourth-order valence-corrected chi connectivity index (χ4v) is 3.74. The number of aliphatic hydroxyl groups is 1. The molecule has 4 heteroatoms. The van der Waals surface area contributed by atoms with Crippen molar-refractivity contribution in [2.45, 2.75) is 77.2 Å². The summed E-state index contributed by atoms with van der Waals surface area (Å²) in [7, 11) is 0. The van der Waals surface area contributed by atoms with E-state index in [1.165, 1.54) is 32.1 Å². The molecule has 1 saturated carbocycles. The summed E-state index contributed by atoms with van der Waals surface area (Å²) in [5.74, 6) is 0. The van der Waals surface area contributed by atoms with Gasteiger partial charge in [-0.15, -0.1) is 0 Å². The van der Waals surface area contributed by atoms with Crippen LogP contribution in [0.2, 0.25) is 0 Å². The normalized spacial score (nSPS) is 25.5. The van der Waals surface area contributed by atoms with Gasteiger partial charge in [0, 0.05) is 11.3 Å². The number of aliphatic hydroxyl groups excluding tert-OH is 1. The van der Waals surface area contributed by atoms with E-state index in [-0.39, 0.29) is 12.2 Å². The van der Waals surface area contributed by atoms with Gasteiger partial charge in [0.05, 0.1) is 30.6 Å². The van der Waals surface area contributed by atoms with Crippen LogP contribution in [0, 0.1) is 13.8 Å². The molecule has 1 atom stereocenters. The van der Waals surface area contributed by atoms with Crippen LogP contribution in [0.5, 0.6) is 0 Å². The molecule has 19 heavy (non-hydrogen) atoms. The van der Waals surface area contributed by atoms with Gasteiger partial charge in [0.1, 0.15) is 0 Å². The first-order valence-corrected chi connectivity index (χ1v) is 7.45. The Bertz CT molecular complexity index is 461. The smallest absolute Gasteiger partial charge is 0.0779 e. The van der Waals surface area contributed by atoms with Crippen molar-refractivity contribution in [2.24, 2.45) is 0 Å². The lowest BCUT2D eigenvalue weighted by Gasteiger charge is -2.24. The van der Waals surface area contributed by atoms with Crippen molar-refractivity contribution in [2.75, 3.05) is 0 Å². The Balaban J connectivity index is 1.69. The fourth-order valence-electron chi connectivity index (χ4n) is 3.74. The van der Waals surface area contributed by atoms with Crippen LogP contribution in [0.15, 0.2) is 0 Å². The van der Waals surface area contributed by atoms with E-state index in [1.807, 2.05) is 18.5 Å². The molecule has 1 unspecified atom stereocenters. The number of hydrogen-bond acceptors (Lipinski definition) is 3. The quantitative estimate of drug-likeness (QED) is 0.912. The molecule has 1 aliphatic carbocycles. The highest BCUT2D eigenvalue weighted by molar-refractivity contribution is 5.23. The lowest BCUT2D eigenvalue weighted by Crippen LogP contribution is -2.27. The van der Waals surface area contributed by atoms with E-state index in [2.05, 4.69) is 5.10 Å². The Morgan fingerprint density at radius 2 is 2.05 bits per heavy atom. The van der Waals surface area contributed by atoms with Gasteiger partial charge in [-0.25, -0.2) is 0 Å². The molecule has 0 aromatic carbocycles. The predicted octanol–water partition coefficient (Wildman–Crippen LogP) is 2.48. The SMILES string of the molecule is Cc1nn(CC2CCC3(CCCC3)O2)c(C)c1CO. The number of hydrogen-bond donors (Lipinski definition) is 1. The molecule has 106 valence electrons. The van der Waals surface area contributed by atoms with Crippen LogP contribution in [0.25, 0.3) is 0 Å². The van der Waals surface area contributed by atoms with Crippen LogP contribution < -0.4 is 0 Å². The largest absolute Gasteiger partial charge is 0.392 e. The molecule has 1 saturated heterocycles. The molecule has 1 aliphatic heterocycles. The van der Waals surface area contributed by atoms with Gasteiger partial charge in [-0.1, -0.05) is 12.8 Å². The summed E-state index contributed by atoms with van der Waals surface area (Å²) < 4.78 is 8.34. The highest BCUT2D eigenvalue weighted by Crippen LogP contribution is 2.43. The molecular weight excluding hydrogens is 240 g/mol. The van der Waals surface area contributed by atoms with Gasteiger partial charge in [0.2, 0.25) is 0 Å². The lowest BCUT2D eigenvalue weighted by molar-refractivity contribution is -0.0431. The molecule has 2 fully saturated rings. The average molecular weight is 264 g/mol. The van der Waals surface area contributed by atoms with Crippen molar-refractivity contribution < 1.29 is 9.84 Å². The molecule has 2 heterocycles. The predicted molar refractivity (Wildman–Crippen MR) is 72.9 cm³/mol. The number of aryl methyl sites for hydroxylation is 1. The third-order valence-electron chi connectivity index (χ3n) is 4.92. The van der Waals surface area contributed by atoms with Gasteiger partial charge in [0.25, 0.3) is 0 Å². The summed E-state index contributed by atoms with van der Waals surface area (Å²) >= 11 is 0. The highest BCUT2D eigenvalue weighted by atomic mass is 16.5. The van der Waals surface area contributed by atoms with E-state index < -0.39 is 0 Å². The minimum Gasteiger partial charge on any atom is -0.392 e. The third kappa shape index (κ3) is 2.32. The second kappa shape index (κ2) is 4.91. The monoisotopic (exact) mass is 264 g/mol. The number of nitrogens with zero attached hydrogens (tertiary/aromatic N) is 2. The maximum absolute atomic E-state index is 9.36. The van der Waals surface area contributed by atoms with Crippen molar-refractivity contribution in [3.05, 3.63) is 17.0 Å². The molecule has 0 amide bonds. The number of aromatic nitrogens is 2. The molecule has 0 bridgehead atoms. The second-order valence-corrected chi connectivity index (χ2v) is 6.16. The number of rotatable bonds is 3. The zero-order valence-electron chi connectivity index (χ0n) is 12.0. The van der Waals surface area contributed by atoms with E-state index >= 15 is 0 Å². The molecule has 0 radical (unpaired) electrons. The first kappa shape index (κ1) is 13.1. The molecule has 1 N–H and O–H groups in total. The summed E-state index contributed by atoms with van der Waals surface area (Å²) in [5.41, 5.74) is 3.18. The van der Waals surface area contributed by atoms with Crippen molar-refractivity contribution in [1.82, 2.24) is 9.78 Å². The second-order valence-electron chi connectivity index (χ2n) is 6.16. The van der Waals surface area contributed by atoms with Crippen LogP contribution in [0.1, 0.15) is 55.5 Å². The van der Waals surface area contributed by atoms with Gasteiger partial charge in [0.15, 0.2) is 0 Å². The van der Waals surface area contributed by atoms with Gasteiger partial charge < -0.3 is 9.84 Å². The molecule has 1 aromatic rings. The minimum absolute atomic E-state index is 0.0765. The van der Waals surface area contributed by atoms with Crippen molar-refractivity contribution in [3.63, 3.8) is 0 Å². The zero-order chi connectivity index (χ0) is 13.5. The Hall–Kier alpha value is -0.870. The Morgan fingerprint density at radius 3 is 2.68 bits per heavy atom. The van der Waals surface area contributed by atoms with Crippen LogP contribution in [-0.4, -0.2) is 26.6 Å². The van der Waals surface area contributed by atoms with Crippen LogP contribution in [-0.2, 0) is 17.9 Å². The Morgan fingerprint density at radius 1 is 1.32 bits per heavy atom. The third-order valence-corrected chi connectivity index (χ3v) is 4.92. The number of ether oxygens (including phenoxy) is 1.